The highest BCUT2D eigenvalue weighted by molar-refractivity contribution is 5.85. The van der Waals surface area contributed by atoms with Crippen LogP contribution >= 0.6 is 0 Å². The van der Waals surface area contributed by atoms with E-state index >= 15 is 0 Å². The van der Waals surface area contributed by atoms with Gasteiger partial charge in [0.15, 0.2) is 0 Å². The van der Waals surface area contributed by atoms with E-state index in [0.717, 1.165) is 67.3 Å². The van der Waals surface area contributed by atoms with Gasteiger partial charge in [-0.15, -0.1) is 0 Å². The number of hydrogen-bond acceptors (Lipinski definition) is 5. The smallest absolute Gasteiger partial charge is 0.330 e. The number of rotatable bonds is 8. The first-order valence-corrected chi connectivity index (χ1v) is 14.5. The highest BCUT2D eigenvalue weighted by Gasteiger charge is 2.60. The summed E-state index contributed by atoms with van der Waals surface area (Å²) >= 11 is 0. The van der Waals surface area contributed by atoms with Gasteiger partial charge in [-0.3, -0.25) is 9.63 Å². The van der Waals surface area contributed by atoms with Crippen LogP contribution in [0.15, 0.2) is 5.16 Å². The molecule has 7 nitrogen and oxygen atoms in total. The first-order chi connectivity index (χ1) is 16.9. The number of carbonyl (C=O) groups is 2. The van der Waals surface area contributed by atoms with E-state index in [2.05, 4.69) is 57.7 Å². The molecule has 0 bridgehead atoms. The number of oxime groups is 1. The van der Waals surface area contributed by atoms with Crippen LogP contribution in [0.3, 0.4) is 0 Å². The van der Waals surface area contributed by atoms with E-state index in [1.54, 1.807) is 0 Å². The average molecular weight is 504 g/mol. The van der Waals surface area contributed by atoms with E-state index in [9.17, 15) is 9.59 Å². The van der Waals surface area contributed by atoms with Gasteiger partial charge in [0.1, 0.15) is 5.78 Å². The van der Waals surface area contributed by atoms with Gasteiger partial charge >= 0.3 is 6.09 Å². The molecule has 204 valence electrons. The van der Waals surface area contributed by atoms with Crippen molar-refractivity contribution < 1.29 is 18.9 Å². The van der Waals surface area contributed by atoms with Gasteiger partial charge in [-0.1, -0.05) is 19.0 Å². The van der Waals surface area contributed by atoms with Crippen molar-refractivity contribution >= 4 is 17.6 Å². The number of likely N-dealkylation sites (N-methyl/N-ethyl adjacent to an activating group) is 1. The fourth-order valence-electron chi connectivity index (χ4n) is 8.73. The first kappa shape index (κ1) is 27.6. The minimum absolute atomic E-state index is 0.234. The number of amides is 1. The van der Waals surface area contributed by atoms with E-state index in [-0.39, 0.29) is 5.41 Å². The van der Waals surface area contributed by atoms with E-state index in [4.69, 9.17) is 4.84 Å². The minimum atomic E-state index is -0.468. The van der Waals surface area contributed by atoms with Crippen molar-refractivity contribution in [2.75, 3.05) is 47.3 Å². The molecule has 2 N–H and O–H groups in total. The first-order valence-electron chi connectivity index (χ1n) is 14.5. The zero-order chi connectivity index (χ0) is 26.1. The molecule has 0 aromatic rings. The fraction of sp³-hybridized carbons (Fsp3) is 0.897. The number of quaternary nitrogens is 1. The van der Waals surface area contributed by atoms with Crippen LogP contribution in [0.4, 0.5) is 4.79 Å². The lowest BCUT2D eigenvalue weighted by Gasteiger charge is -2.60. The summed E-state index contributed by atoms with van der Waals surface area (Å²) < 4.78 is 0.916. The van der Waals surface area contributed by atoms with Gasteiger partial charge < -0.3 is 15.1 Å². The zero-order valence-corrected chi connectivity index (χ0v) is 23.7. The van der Waals surface area contributed by atoms with Crippen LogP contribution in [0.1, 0.15) is 78.6 Å². The topological polar surface area (TPSA) is 79.8 Å². The molecular formula is C29H51N4O3+. The summed E-state index contributed by atoms with van der Waals surface area (Å²) in [4.78, 5) is 29.6. The molecule has 1 amide bonds. The van der Waals surface area contributed by atoms with E-state index in [1.807, 2.05) is 0 Å². The zero-order valence-electron chi connectivity index (χ0n) is 23.7. The van der Waals surface area contributed by atoms with Crippen molar-refractivity contribution in [3.8, 4) is 0 Å². The monoisotopic (exact) mass is 503 g/mol. The summed E-state index contributed by atoms with van der Waals surface area (Å²) in [5.74, 6) is 3.72. The van der Waals surface area contributed by atoms with E-state index in [1.165, 1.54) is 32.1 Å². The summed E-state index contributed by atoms with van der Waals surface area (Å²) in [6, 6.07) is 0. The Morgan fingerprint density at radius 1 is 1.00 bits per heavy atom. The second-order valence-electron chi connectivity index (χ2n) is 13.9. The molecule has 7 atom stereocenters. The number of nitrogens with zero attached hydrogens (tertiary/aromatic N) is 2. The number of nitrogens with one attached hydrogen (secondary N) is 2. The van der Waals surface area contributed by atoms with Crippen LogP contribution in [-0.2, 0) is 9.63 Å². The highest BCUT2D eigenvalue weighted by Crippen LogP contribution is 2.67. The molecule has 0 aliphatic heterocycles. The van der Waals surface area contributed by atoms with Crippen LogP contribution in [0.5, 0.6) is 0 Å². The molecule has 0 heterocycles. The van der Waals surface area contributed by atoms with Crippen molar-refractivity contribution in [1.82, 2.24) is 10.6 Å². The Bertz CT molecular complexity index is 852. The largest absolute Gasteiger partial charge is 0.433 e. The quantitative estimate of drug-likeness (QED) is 0.167. The molecule has 0 unspecified atom stereocenters. The summed E-state index contributed by atoms with van der Waals surface area (Å²) in [5.41, 5.74) is 1.55. The number of Topliss-reactive ketones (excluding diaryl/α,β-unsaturated/α-hetero) is 1. The van der Waals surface area contributed by atoms with Crippen molar-refractivity contribution in [2.45, 2.75) is 78.6 Å². The lowest BCUT2D eigenvalue weighted by atomic mass is 9.44. The number of carbonyl (C=O) groups excluding carboxylic acids is 2. The molecule has 0 aromatic carbocycles. The highest BCUT2D eigenvalue weighted by atomic mass is 16.7. The third-order valence-electron chi connectivity index (χ3n) is 10.8. The second kappa shape index (κ2) is 10.7. The normalized spacial score (nSPS) is 38.7. The summed E-state index contributed by atoms with van der Waals surface area (Å²) in [6.45, 7) is 10.2. The maximum atomic E-state index is 12.2. The molecule has 7 heteroatoms. The van der Waals surface area contributed by atoms with E-state index in [0.29, 0.717) is 35.5 Å². The molecule has 0 aromatic heterocycles. The van der Waals surface area contributed by atoms with Crippen LogP contribution in [0, 0.1) is 40.4 Å². The molecule has 0 spiro atoms. The van der Waals surface area contributed by atoms with Crippen molar-refractivity contribution in [3.63, 3.8) is 0 Å². The Balaban J connectivity index is 1.29. The standard InChI is InChI=1S/C29H50N4O3/c1-20(32-36-27(35)31-16-15-30-17-18-33(4,5)6)24-9-10-25-23-8-7-21-19-22(34)11-13-28(21,2)26(23)12-14-29(24,25)3/h21,23-26,30H,7-19H2,1-6H3/p+1/b32-20+/t21-,23+,24-,25+,26+,28+,29-/m1/s1. The summed E-state index contributed by atoms with van der Waals surface area (Å²) in [6.07, 6.45) is 9.62. The SMILES string of the molecule is C/C(=N\OC(=O)NCCNCC[N+](C)(C)C)[C@H]1CC[C@H]2[C@@H]3CC[C@@H]4CC(=O)CC[C@]4(C)[C@H]3CC[C@]12C. The molecule has 0 saturated heterocycles. The maximum absolute atomic E-state index is 12.2. The Kier molecular flexibility index (Phi) is 8.21. The van der Waals surface area contributed by atoms with Crippen LogP contribution in [0.2, 0.25) is 0 Å². The van der Waals surface area contributed by atoms with Crippen molar-refractivity contribution in [3.05, 3.63) is 0 Å². The van der Waals surface area contributed by atoms with Crippen LogP contribution in [0.25, 0.3) is 0 Å². The number of hydrogen-bond donors (Lipinski definition) is 2. The number of ketones is 1. The Morgan fingerprint density at radius 3 is 2.50 bits per heavy atom. The fourth-order valence-corrected chi connectivity index (χ4v) is 8.73. The molecule has 36 heavy (non-hydrogen) atoms. The summed E-state index contributed by atoms with van der Waals surface area (Å²) in [5, 5.41) is 10.5. The molecule has 4 fully saturated rings. The van der Waals surface area contributed by atoms with Crippen molar-refractivity contribution in [2.24, 2.45) is 45.6 Å². The molecule has 0 radical (unpaired) electrons. The Morgan fingerprint density at radius 2 is 1.75 bits per heavy atom. The van der Waals surface area contributed by atoms with Gasteiger partial charge in [-0.05, 0) is 86.4 Å². The van der Waals surface area contributed by atoms with Gasteiger partial charge in [-0.2, -0.15) is 0 Å². The molecule has 4 aliphatic carbocycles. The molecule has 4 saturated carbocycles. The Labute approximate surface area is 218 Å². The number of fused-ring (bicyclic) bond motifs is 5. The lowest BCUT2D eigenvalue weighted by Crippen LogP contribution is -2.53. The maximum Gasteiger partial charge on any atom is 0.433 e. The van der Waals surface area contributed by atoms with Gasteiger partial charge in [0, 0.05) is 38.4 Å². The lowest BCUT2D eigenvalue weighted by molar-refractivity contribution is -0.869. The minimum Gasteiger partial charge on any atom is -0.330 e. The molecule has 4 rings (SSSR count). The van der Waals surface area contributed by atoms with Crippen LogP contribution in [-0.4, -0.2) is 69.4 Å². The molecule has 4 aliphatic rings. The summed E-state index contributed by atoms with van der Waals surface area (Å²) in [7, 11) is 6.50. The van der Waals surface area contributed by atoms with Gasteiger partial charge in [0.05, 0.1) is 33.4 Å². The third-order valence-corrected chi connectivity index (χ3v) is 10.8. The second-order valence-corrected chi connectivity index (χ2v) is 13.9. The third kappa shape index (κ3) is 5.67. The Hall–Kier alpha value is -1.47. The predicted molar refractivity (Wildman–Crippen MR) is 144 cm³/mol. The predicted octanol–water partition coefficient (Wildman–Crippen LogP) is 4.61. The van der Waals surface area contributed by atoms with Gasteiger partial charge in [-0.25, -0.2) is 4.79 Å². The molecular weight excluding hydrogens is 452 g/mol. The van der Waals surface area contributed by atoms with E-state index < -0.39 is 6.09 Å². The van der Waals surface area contributed by atoms with Crippen LogP contribution < -0.4 is 10.6 Å². The van der Waals surface area contributed by atoms with Crippen molar-refractivity contribution in [1.29, 1.82) is 0 Å². The average Bonchev–Trinajstić information content (AvgIpc) is 3.17. The van der Waals surface area contributed by atoms with Gasteiger partial charge in [0.25, 0.3) is 0 Å². The van der Waals surface area contributed by atoms with Gasteiger partial charge in [0.2, 0.25) is 0 Å².